The zero-order valence-corrected chi connectivity index (χ0v) is 12.4. The number of rotatable bonds is 3. The van der Waals surface area contributed by atoms with Crippen LogP contribution in [0.3, 0.4) is 0 Å². The number of hydrogen-bond acceptors (Lipinski definition) is 4. The van der Waals surface area contributed by atoms with Crippen molar-refractivity contribution in [2.24, 2.45) is 0 Å². The number of nitrogen functional groups attached to an aromatic ring is 1. The molecule has 0 bridgehead atoms. The number of carbonyl (C=O) groups is 1. The van der Waals surface area contributed by atoms with E-state index in [2.05, 4.69) is 32.9 Å². The smallest absolute Gasteiger partial charge is 0.354 e. The molecule has 2 aromatic rings. The molecule has 0 spiro atoms. The predicted octanol–water partition coefficient (Wildman–Crippen LogP) is 3.36. The Morgan fingerprint density at radius 3 is 2.74 bits per heavy atom. The first-order chi connectivity index (χ1) is 8.97. The molecular formula is C12H9ClIN3O2. The Kier molecular flexibility index (Phi) is 4.11. The Labute approximate surface area is 127 Å². The number of aromatic carboxylic acids is 1. The Bertz CT molecular complexity index is 649. The van der Waals surface area contributed by atoms with Crippen molar-refractivity contribution in [1.29, 1.82) is 0 Å². The maximum absolute atomic E-state index is 10.9. The molecule has 1 aromatic carbocycles. The van der Waals surface area contributed by atoms with Gasteiger partial charge in [-0.2, -0.15) is 0 Å². The molecule has 0 atom stereocenters. The number of nitrogens with two attached hydrogens (primary N) is 1. The number of carboxylic acid groups (broad SMARTS) is 1. The van der Waals surface area contributed by atoms with Crippen molar-refractivity contribution >= 4 is 57.4 Å². The van der Waals surface area contributed by atoms with Gasteiger partial charge in [-0.25, -0.2) is 9.78 Å². The maximum Gasteiger partial charge on any atom is 0.354 e. The number of halogens is 2. The molecule has 98 valence electrons. The van der Waals surface area contributed by atoms with Crippen LogP contribution in [0.4, 0.5) is 17.2 Å². The molecule has 0 unspecified atom stereocenters. The first kappa shape index (κ1) is 13.9. The van der Waals surface area contributed by atoms with Crippen molar-refractivity contribution in [3.8, 4) is 0 Å². The minimum Gasteiger partial charge on any atom is -0.477 e. The average molecular weight is 390 g/mol. The molecule has 0 aliphatic heterocycles. The van der Waals surface area contributed by atoms with E-state index in [0.717, 1.165) is 3.57 Å². The zero-order chi connectivity index (χ0) is 14.0. The van der Waals surface area contributed by atoms with Gasteiger partial charge in [0.15, 0.2) is 11.5 Å². The second-order valence-corrected chi connectivity index (χ2v) is 5.34. The van der Waals surface area contributed by atoms with Gasteiger partial charge in [0.2, 0.25) is 0 Å². The lowest BCUT2D eigenvalue weighted by Crippen LogP contribution is -2.06. The van der Waals surface area contributed by atoms with Crippen LogP contribution in [0.25, 0.3) is 0 Å². The molecule has 7 heteroatoms. The fourth-order valence-corrected chi connectivity index (χ4v) is 2.31. The summed E-state index contributed by atoms with van der Waals surface area (Å²) in [6.45, 7) is 0. The van der Waals surface area contributed by atoms with Gasteiger partial charge in [-0.05, 0) is 52.9 Å². The molecule has 5 nitrogen and oxygen atoms in total. The lowest BCUT2D eigenvalue weighted by atomic mass is 10.3. The minimum atomic E-state index is -1.11. The van der Waals surface area contributed by atoms with Crippen LogP contribution >= 0.6 is 34.2 Å². The molecule has 0 saturated heterocycles. The van der Waals surface area contributed by atoms with Crippen LogP contribution in [0.15, 0.2) is 30.3 Å². The van der Waals surface area contributed by atoms with Crippen LogP contribution in [0, 0.1) is 3.57 Å². The van der Waals surface area contributed by atoms with Gasteiger partial charge >= 0.3 is 5.97 Å². The molecule has 0 amide bonds. The minimum absolute atomic E-state index is 0.0849. The van der Waals surface area contributed by atoms with Crippen LogP contribution in [-0.4, -0.2) is 16.1 Å². The Morgan fingerprint density at radius 2 is 2.11 bits per heavy atom. The number of aromatic nitrogens is 1. The lowest BCUT2D eigenvalue weighted by Gasteiger charge is -2.10. The van der Waals surface area contributed by atoms with E-state index in [9.17, 15) is 4.79 Å². The molecule has 0 fully saturated rings. The highest BCUT2D eigenvalue weighted by molar-refractivity contribution is 14.1. The van der Waals surface area contributed by atoms with E-state index in [1.165, 1.54) is 12.1 Å². The van der Waals surface area contributed by atoms with Gasteiger partial charge in [0.1, 0.15) is 0 Å². The first-order valence-corrected chi connectivity index (χ1v) is 6.65. The Morgan fingerprint density at radius 1 is 1.37 bits per heavy atom. The summed E-state index contributed by atoms with van der Waals surface area (Å²) in [7, 11) is 0. The average Bonchev–Trinajstić information content (AvgIpc) is 2.34. The predicted molar refractivity (Wildman–Crippen MR) is 83.1 cm³/mol. The van der Waals surface area contributed by atoms with Gasteiger partial charge < -0.3 is 16.2 Å². The van der Waals surface area contributed by atoms with E-state index >= 15 is 0 Å². The number of benzene rings is 1. The van der Waals surface area contributed by atoms with Crippen molar-refractivity contribution in [2.75, 3.05) is 11.1 Å². The monoisotopic (exact) mass is 389 g/mol. The molecule has 19 heavy (non-hydrogen) atoms. The summed E-state index contributed by atoms with van der Waals surface area (Å²) < 4.78 is 0.994. The fourth-order valence-electron chi connectivity index (χ4n) is 1.41. The zero-order valence-electron chi connectivity index (χ0n) is 9.52. The molecule has 0 aliphatic carbocycles. The normalized spacial score (nSPS) is 10.2. The number of pyridine rings is 1. The van der Waals surface area contributed by atoms with Gasteiger partial charge in [-0.3, -0.25) is 0 Å². The molecular weight excluding hydrogens is 381 g/mol. The third-order valence-electron chi connectivity index (χ3n) is 2.33. The summed E-state index contributed by atoms with van der Waals surface area (Å²) in [5.41, 5.74) is 6.63. The summed E-state index contributed by atoms with van der Waals surface area (Å²) in [5.74, 6) is -0.847. The number of nitrogens with zero attached hydrogens (tertiary/aromatic N) is 1. The quantitative estimate of drug-likeness (QED) is 0.701. The summed E-state index contributed by atoms with van der Waals surface area (Å²) in [4.78, 5) is 14.8. The molecule has 1 heterocycles. The molecule has 0 saturated carbocycles. The van der Waals surface area contributed by atoms with Gasteiger partial charge in [-0.15, -0.1) is 0 Å². The van der Waals surface area contributed by atoms with Gasteiger partial charge in [-0.1, -0.05) is 11.6 Å². The summed E-state index contributed by atoms with van der Waals surface area (Å²) in [6.07, 6.45) is 0. The Hall–Kier alpha value is -1.54. The van der Waals surface area contributed by atoms with Crippen molar-refractivity contribution in [3.05, 3.63) is 44.6 Å². The number of nitrogens with one attached hydrogen (secondary N) is 1. The highest BCUT2D eigenvalue weighted by atomic mass is 127. The van der Waals surface area contributed by atoms with Crippen LogP contribution in [0.2, 0.25) is 5.02 Å². The summed E-state index contributed by atoms with van der Waals surface area (Å²) in [6, 6.07) is 8.25. The highest BCUT2D eigenvalue weighted by Gasteiger charge is 2.10. The molecule has 2 rings (SSSR count). The van der Waals surface area contributed by atoms with E-state index in [1.54, 1.807) is 12.1 Å². The fraction of sp³-hybridized carbons (Fsp3) is 0. The standard InChI is InChI=1S/C12H9ClIN3O2/c13-7-5-6(14)1-3-9(7)16-11-8(15)2-4-10(17-11)12(18)19/h1-5H,15H2,(H,16,17)(H,18,19). The van der Waals surface area contributed by atoms with E-state index in [1.807, 2.05) is 6.07 Å². The first-order valence-electron chi connectivity index (χ1n) is 5.19. The summed E-state index contributed by atoms with van der Waals surface area (Å²) >= 11 is 8.23. The number of hydrogen-bond donors (Lipinski definition) is 3. The maximum atomic E-state index is 10.9. The van der Waals surface area contributed by atoms with Crippen molar-refractivity contribution in [2.45, 2.75) is 0 Å². The van der Waals surface area contributed by atoms with Gasteiger partial charge in [0.25, 0.3) is 0 Å². The molecule has 0 aliphatic rings. The van der Waals surface area contributed by atoms with Crippen molar-refractivity contribution in [3.63, 3.8) is 0 Å². The van der Waals surface area contributed by atoms with Crippen LogP contribution in [-0.2, 0) is 0 Å². The largest absolute Gasteiger partial charge is 0.477 e. The SMILES string of the molecule is Nc1ccc(C(=O)O)nc1Nc1ccc(I)cc1Cl. The third-order valence-corrected chi connectivity index (χ3v) is 3.31. The van der Waals surface area contributed by atoms with Crippen LogP contribution < -0.4 is 11.1 Å². The third kappa shape index (κ3) is 3.27. The molecule has 1 aromatic heterocycles. The lowest BCUT2D eigenvalue weighted by molar-refractivity contribution is 0.0690. The van der Waals surface area contributed by atoms with Crippen molar-refractivity contribution < 1.29 is 9.90 Å². The van der Waals surface area contributed by atoms with E-state index < -0.39 is 5.97 Å². The van der Waals surface area contributed by atoms with Crippen molar-refractivity contribution in [1.82, 2.24) is 4.98 Å². The number of anilines is 3. The number of carboxylic acids is 1. The van der Waals surface area contributed by atoms with Crippen LogP contribution in [0.1, 0.15) is 10.5 Å². The molecule has 0 radical (unpaired) electrons. The highest BCUT2D eigenvalue weighted by Crippen LogP contribution is 2.28. The van der Waals surface area contributed by atoms with Gasteiger partial charge in [0, 0.05) is 3.57 Å². The van der Waals surface area contributed by atoms with E-state index in [4.69, 9.17) is 22.4 Å². The van der Waals surface area contributed by atoms with Gasteiger partial charge in [0.05, 0.1) is 16.4 Å². The van der Waals surface area contributed by atoms with Crippen LogP contribution in [0.5, 0.6) is 0 Å². The Balaban J connectivity index is 2.37. The molecule has 4 N–H and O–H groups in total. The summed E-state index contributed by atoms with van der Waals surface area (Å²) in [5, 5.41) is 12.3. The van der Waals surface area contributed by atoms with E-state index in [0.29, 0.717) is 16.4 Å². The topological polar surface area (TPSA) is 88.2 Å². The second-order valence-electron chi connectivity index (χ2n) is 3.69. The second kappa shape index (κ2) is 5.62. The van der Waals surface area contributed by atoms with E-state index in [-0.39, 0.29) is 11.5 Å².